The molecule has 0 rings (SSSR count). The molecule has 0 aliphatic carbocycles. The second-order valence-electron chi connectivity index (χ2n) is 5.17. The lowest BCUT2D eigenvalue weighted by Crippen LogP contribution is -2.43. The summed E-state index contributed by atoms with van der Waals surface area (Å²) in [5.41, 5.74) is 0. The molecule has 3 N–H and O–H groups in total. The maximum atomic E-state index is 11.2. The average molecular weight is 310 g/mol. The summed E-state index contributed by atoms with van der Waals surface area (Å²) >= 11 is 0. The Morgan fingerprint density at radius 3 is 2.30 bits per heavy atom. The van der Waals surface area contributed by atoms with Crippen LogP contribution < -0.4 is 5.32 Å². The molecule has 0 aromatic heterocycles. The van der Waals surface area contributed by atoms with Crippen LogP contribution in [0.15, 0.2) is 12.2 Å². The van der Waals surface area contributed by atoms with Gasteiger partial charge in [0.15, 0.2) is 0 Å². The third-order valence-electron chi connectivity index (χ3n) is 2.72. The molecule has 0 aromatic carbocycles. The lowest BCUT2D eigenvalue weighted by Gasteiger charge is -2.29. The molecule has 0 aliphatic rings. The van der Waals surface area contributed by atoms with Crippen LogP contribution in [0.3, 0.4) is 0 Å². The van der Waals surface area contributed by atoms with Crippen LogP contribution in [-0.2, 0) is 14.9 Å². The summed E-state index contributed by atoms with van der Waals surface area (Å²) in [5.74, 6) is -0.300. The van der Waals surface area contributed by atoms with Gasteiger partial charge in [-0.05, 0) is 13.0 Å². The number of nitrogens with one attached hydrogen (secondary N) is 1. The molecular formula is C12H26N2O5S. The van der Waals surface area contributed by atoms with Crippen molar-refractivity contribution in [3.63, 3.8) is 0 Å². The Morgan fingerprint density at radius 1 is 1.25 bits per heavy atom. The Hall–Kier alpha value is -0.960. The Morgan fingerprint density at radius 2 is 1.80 bits per heavy atom. The molecule has 0 spiro atoms. The second-order valence-corrected chi connectivity index (χ2v) is 6.74. The molecule has 0 saturated carbocycles. The lowest BCUT2D eigenvalue weighted by atomic mass is 10.3. The van der Waals surface area contributed by atoms with E-state index < -0.39 is 10.1 Å². The number of hydrogen-bond acceptors (Lipinski definition) is 4. The second kappa shape index (κ2) is 9.87. The van der Waals surface area contributed by atoms with Crippen LogP contribution in [0.4, 0.5) is 0 Å². The van der Waals surface area contributed by atoms with Crippen LogP contribution in [0.2, 0.25) is 0 Å². The van der Waals surface area contributed by atoms with Crippen LogP contribution in [0.25, 0.3) is 0 Å². The first-order valence-electron chi connectivity index (χ1n) is 6.34. The van der Waals surface area contributed by atoms with E-state index in [1.54, 1.807) is 13.0 Å². The minimum atomic E-state index is -3.86. The third-order valence-corrected chi connectivity index (χ3v) is 3.53. The van der Waals surface area contributed by atoms with Crippen molar-refractivity contribution >= 4 is 16.0 Å². The van der Waals surface area contributed by atoms with Gasteiger partial charge in [0.05, 0.1) is 32.9 Å². The van der Waals surface area contributed by atoms with E-state index >= 15 is 0 Å². The number of rotatable bonds is 9. The van der Waals surface area contributed by atoms with Gasteiger partial charge >= 0.3 is 0 Å². The Bertz CT molecular complexity index is 404. The van der Waals surface area contributed by atoms with Crippen LogP contribution >= 0.6 is 0 Å². The van der Waals surface area contributed by atoms with Gasteiger partial charge in [0.1, 0.15) is 0 Å². The van der Waals surface area contributed by atoms with E-state index in [2.05, 4.69) is 5.32 Å². The molecule has 1 amide bonds. The molecule has 120 valence electrons. The van der Waals surface area contributed by atoms with Crippen molar-refractivity contribution in [3.05, 3.63) is 12.2 Å². The zero-order chi connectivity index (χ0) is 14.9. The Kier molecular flexibility index (Phi) is 10.5. The monoisotopic (exact) mass is 310 g/mol. The zero-order valence-electron chi connectivity index (χ0n) is 12.4. The zero-order valence-corrected chi connectivity index (χ0v) is 13.2. The van der Waals surface area contributed by atoms with E-state index in [0.29, 0.717) is 24.0 Å². The average Bonchev–Trinajstić information content (AvgIpc) is 2.22. The van der Waals surface area contributed by atoms with Crippen molar-refractivity contribution < 1.29 is 27.7 Å². The van der Waals surface area contributed by atoms with Gasteiger partial charge in [0.2, 0.25) is 5.91 Å². The Labute approximate surface area is 121 Å². The van der Waals surface area contributed by atoms with Gasteiger partial charge in [-0.25, -0.2) is 0 Å². The van der Waals surface area contributed by atoms with Crippen molar-refractivity contribution in [3.8, 4) is 0 Å². The highest BCUT2D eigenvalue weighted by atomic mass is 32.2. The van der Waals surface area contributed by atoms with Crippen molar-refractivity contribution in [1.82, 2.24) is 5.32 Å². The van der Waals surface area contributed by atoms with Crippen molar-refractivity contribution in [2.45, 2.75) is 19.8 Å². The van der Waals surface area contributed by atoms with Crippen molar-refractivity contribution in [2.75, 3.05) is 39.5 Å². The van der Waals surface area contributed by atoms with E-state index in [0.717, 1.165) is 13.0 Å². The van der Waals surface area contributed by atoms with Crippen molar-refractivity contribution in [1.29, 1.82) is 0 Å². The molecule has 7 nitrogen and oxygen atoms in total. The summed E-state index contributed by atoms with van der Waals surface area (Å²) in [7, 11) is 0.132. The van der Waals surface area contributed by atoms with E-state index in [-0.39, 0.29) is 17.1 Å². The number of carbonyl (C=O) groups excluding carboxylic acids is 1. The molecule has 20 heavy (non-hydrogen) atoms. The minimum Gasteiger partial charge on any atom is -0.870 e. The van der Waals surface area contributed by atoms with Crippen LogP contribution in [-0.4, -0.2) is 68.3 Å². The normalized spacial score (nSPS) is 12.2. The fourth-order valence-electron chi connectivity index (χ4n) is 1.72. The van der Waals surface area contributed by atoms with E-state index in [9.17, 15) is 13.2 Å². The predicted octanol–water partition coefficient (Wildman–Crippen LogP) is 0.246. The molecule has 0 unspecified atom stereocenters. The topological polar surface area (TPSA) is 113 Å². The summed E-state index contributed by atoms with van der Waals surface area (Å²) in [5, 5.41) is 2.76. The highest BCUT2D eigenvalue weighted by Gasteiger charge is 2.16. The van der Waals surface area contributed by atoms with Gasteiger partial charge in [-0.1, -0.05) is 6.08 Å². The first-order chi connectivity index (χ1) is 8.66. The maximum Gasteiger partial charge on any atom is 0.265 e. The fourth-order valence-corrected chi connectivity index (χ4v) is 2.21. The third kappa shape index (κ3) is 13.5. The molecule has 0 radical (unpaired) electrons. The largest absolute Gasteiger partial charge is 0.870 e. The van der Waals surface area contributed by atoms with Gasteiger partial charge < -0.3 is 15.3 Å². The maximum absolute atomic E-state index is 11.2. The molecule has 0 atom stereocenters. The fraction of sp³-hybridized carbons (Fsp3) is 0.750. The number of amides is 1. The van der Waals surface area contributed by atoms with Gasteiger partial charge in [-0.3, -0.25) is 9.35 Å². The van der Waals surface area contributed by atoms with Crippen LogP contribution in [0.5, 0.6) is 0 Å². The molecule has 8 heteroatoms. The highest BCUT2D eigenvalue weighted by molar-refractivity contribution is 7.85. The number of hydrogen-bond donors (Lipinski definition) is 2. The quantitative estimate of drug-likeness (QED) is 0.274. The molecule has 0 saturated heterocycles. The summed E-state index contributed by atoms with van der Waals surface area (Å²) in [4.78, 5) is 11.2. The van der Waals surface area contributed by atoms with Gasteiger partial charge in [-0.15, -0.1) is 0 Å². The number of carbonyl (C=O) groups is 1. The van der Waals surface area contributed by atoms with E-state index in [4.69, 9.17) is 4.55 Å². The van der Waals surface area contributed by atoms with Gasteiger partial charge in [0.25, 0.3) is 10.1 Å². The van der Waals surface area contributed by atoms with Gasteiger partial charge in [0, 0.05) is 19.4 Å². The molecule has 0 heterocycles. The summed E-state index contributed by atoms with van der Waals surface area (Å²) in [6.07, 6.45) is 4.41. The Balaban J connectivity index is 0. The summed E-state index contributed by atoms with van der Waals surface area (Å²) in [6, 6.07) is 0. The number of quaternary nitrogens is 1. The van der Waals surface area contributed by atoms with Crippen LogP contribution in [0.1, 0.15) is 19.8 Å². The molecule has 0 aromatic rings. The molecule has 0 aliphatic heterocycles. The van der Waals surface area contributed by atoms with E-state index in [1.807, 2.05) is 14.1 Å². The van der Waals surface area contributed by atoms with Crippen LogP contribution in [0, 0.1) is 0 Å². The van der Waals surface area contributed by atoms with Gasteiger partial charge in [-0.2, -0.15) is 8.42 Å². The highest BCUT2D eigenvalue weighted by Crippen LogP contribution is 2.02. The standard InChI is InChI=1S/C12H24N2O4S.H2O/c1-4-7-12(15)13-8-5-9-14(2,3)10-6-11-19(16,17)18;/h4,7H,5-6,8-11H2,1-3H3,(H-,13,15,16,17,18);1H2. The predicted molar refractivity (Wildman–Crippen MR) is 77.3 cm³/mol. The van der Waals surface area contributed by atoms with Crippen molar-refractivity contribution in [2.24, 2.45) is 0 Å². The first-order valence-corrected chi connectivity index (χ1v) is 7.95. The summed E-state index contributed by atoms with van der Waals surface area (Å²) < 4.78 is 30.5. The number of allylic oxidation sites excluding steroid dienone is 1. The molecule has 0 fully saturated rings. The molecular weight excluding hydrogens is 284 g/mol. The number of nitrogens with zero attached hydrogens (tertiary/aromatic N) is 1. The van der Waals surface area contributed by atoms with E-state index in [1.165, 1.54) is 6.08 Å². The minimum absolute atomic E-state index is 0. The molecule has 0 bridgehead atoms. The summed E-state index contributed by atoms with van der Waals surface area (Å²) in [6.45, 7) is 3.89. The lowest BCUT2D eigenvalue weighted by molar-refractivity contribution is -0.890. The smallest absolute Gasteiger partial charge is 0.265 e. The first kappa shape index (κ1) is 21.3. The SMILES string of the molecule is CC=CC(=O)NCCC[N+](C)(C)CCCS(=O)(=O)O.[OH-].